The maximum atomic E-state index is 10.3. The van der Waals surface area contributed by atoms with Crippen LogP contribution in [-0.4, -0.2) is 25.3 Å². The first-order valence-electron chi connectivity index (χ1n) is 2.74. The molecule has 0 aliphatic heterocycles. The third-order valence-corrected chi connectivity index (χ3v) is 2.31. The average molecular weight is 151 g/mol. The van der Waals surface area contributed by atoms with Crippen LogP contribution < -0.4 is 0 Å². The van der Waals surface area contributed by atoms with Crippen molar-refractivity contribution in [3.8, 4) is 0 Å². The van der Waals surface area contributed by atoms with Gasteiger partial charge in [0.25, 0.3) is 0 Å². The van der Waals surface area contributed by atoms with Crippen molar-refractivity contribution in [2.75, 3.05) is 7.05 Å². The monoisotopic (exact) mass is 151 g/mol. The number of nitrogens with zero attached hydrogens (tertiary/aromatic N) is 1. The molecule has 0 aliphatic carbocycles. The summed E-state index contributed by atoms with van der Waals surface area (Å²) in [5, 5.41) is 0. The van der Waals surface area contributed by atoms with E-state index < -0.39 is 10.9 Å². The van der Waals surface area contributed by atoms with Gasteiger partial charge in [0, 0.05) is 12.6 Å². The van der Waals surface area contributed by atoms with E-state index in [-0.39, 0.29) is 5.54 Å². The normalized spacial score (nSPS) is 13.1. The molecule has 0 rings (SSSR count). The molecule has 0 heterocycles. The first kappa shape index (κ1) is 8.91. The Morgan fingerprint density at radius 2 is 1.56 bits per heavy atom. The van der Waals surface area contributed by atoms with Gasteiger partial charge in [0.15, 0.2) is 0 Å². The smallest absolute Gasteiger partial charge is 0.204 e. The summed E-state index contributed by atoms with van der Waals surface area (Å²) >= 11 is 0. The molecule has 0 N–H and O–H groups in total. The lowest BCUT2D eigenvalue weighted by molar-refractivity contribution is 0.300. The quantitative estimate of drug-likeness (QED) is 0.545. The Labute approximate surface area is 57.8 Å². The topological polar surface area (TPSA) is 37.4 Å². The summed E-state index contributed by atoms with van der Waals surface area (Å²) in [6, 6.07) is 0. The molecule has 0 amide bonds. The number of thiol groups is 1. The predicted molar refractivity (Wildman–Crippen MR) is 37.8 cm³/mol. The fraction of sp³-hybridized carbons (Fsp3) is 1.00. The van der Waals surface area contributed by atoms with Crippen LogP contribution in [0.5, 0.6) is 0 Å². The highest BCUT2D eigenvalue weighted by Crippen LogP contribution is 2.08. The largest absolute Gasteiger partial charge is 0.215 e. The van der Waals surface area contributed by atoms with Gasteiger partial charge < -0.3 is 0 Å². The van der Waals surface area contributed by atoms with Crippen molar-refractivity contribution in [3.63, 3.8) is 0 Å². The van der Waals surface area contributed by atoms with E-state index in [1.54, 1.807) is 7.05 Å². The number of hydrogen-bond donors (Lipinski definition) is 1. The van der Waals surface area contributed by atoms with E-state index in [9.17, 15) is 8.42 Å². The van der Waals surface area contributed by atoms with E-state index in [1.807, 2.05) is 20.8 Å². The zero-order valence-electron chi connectivity index (χ0n) is 6.21. The molecule has 0 aromatic carbocycles. The van der Waals surface area contributed by atoms with Crippen molar-refractivity contribution in [1.82, 2.24) is 4.31 Å². The minimum atomic E-state index is -2.42. The van der Waals surface area contributed by atoms with Crippen LogP contribution >= 0.6 is 0 Å². The third-order valence-electron chi connectivity index (χ3n) is 1.22. The van der Waals surface area contributed by atoms with E-state index >= 15 is 0 Å². The van der Waals surface area contributed by atoms with E-state index in [0.717, 1.165) is 0 Å². The van der Waals surface area contributed by atoms with Crippen LogP contribution in [-0.2, 0) is 10.9 Å². The molecule has 0 saturated heterocycles. The molecule has 56 valence electrons. The number of rotatable bonds is 1. The highest BCUT2D eigenvalue weighted by Gasteiger charge is 2.17. The Hall–Kier alpha value is -0.0900. The second-order valence-corrected chi connectivity index (χ2v) is 4.01. The Morgan fingerprint density at radius 1 is 1.22 bits per heavy atom. The standard InChI is InChI=1S/C5H13NO2S/c1-5(2,3)6(4)9(7)8/h9H,1-4H3. The van der Waals surface area contributed by atoms with Gasteiger partial charge in [0.1, 0.15) is 0 Å². The molecular weight excluding hydrogens is 138 g/mol. The second-order valence-electron chi connectivity index (χ2n) is 2.93. The van der Waals surface area contributed by atoms with Crippen LogP contribution in [0.3, 0.4) is 0 Å². The zero-order valence-corrected chi connectivity index (χ0v) is 7.11. The lowest BCUT2D eigenvalue weighted by Gasteiger charge is -2.25. The van der Waals surface area contributed by atoms with Crippen LogP contribution in [0.2, 0.25) is 0 Å². The van der Waals surface area contributed by atoms with Crippen molar-refractivity contribution >= 4 is 10.9 Å². The van der Waals surface area contributed by atoms with Gasteiger partial charge in [-0.2, -0.15) is 0 Å². The van der Waals surface area contributed by atoms with Gasteiger partial charge in [-0.15, -0.1) is 0 Å². The summed E-state index contributed by atoms with van der Waals surface area (Å²) in [4.78, 5) is 0. The molecule has 9 heavy (non-hydrogen) atoms. The van der Waals surface area contributed by atoms with Gasteiger partial charge in [0.2, 0.25) is 10.9 Å². The minimum Gasteiger partial charge on any atom is -0.215 e. The molecule has 0 aromatic rings. The van der Waals surface area contributed by atoms with E-state index in [1.165, 1.54) is 4.31 Å². The lowest BCUT2D eigenvalue weighted by atomic mass is 10.1. The van der Waals surface area contributed by atoms with Gasteiger partial charge in [-0.25, -0.2) is 12.7 Å². The fourth-order valence-corrected chi connectivity index (χ4v) is 0.735. The molecule has 0 fully saturated rings. The zero-order chi connectivity index (χ0) is 7.65. The molecule has 0 unspecified atom stereocenters. The van der Waals surface area contributed by atoms with Crippen LogP contribution in [0, 0.1) is 0 Å². The Morgan fingerprint density at radius 3 is 1.56 bits per heavy atom. The highest BCUT2D eigenvalue weighted by atomic mass is 32.2. The van der Waals surface area contributed by atoms with Crippen molar-refractivity contribution in [1.29, 1.82) is 0 Å². The minimum absolute atomic E-state index is 0.283. The Balaban J connectivity index is 4.22. The van der Waals surface area contributed by atoms with E-state index in [0.29, 0.717) is 0 Å². The first-order valence-corrected chi connectivity index (χ1v) is 3.87. The first-order chi connectivity index (χ1) is 3.85. The highest BCUT2D eigenvalue weighted by molar-refractivity contribution is 7.69. The molecular formula is C5H13NO2S. The van der Waals surface area contributed by atoms with Gasteiger partial charge in [0.05, 0.1) is 0 Å². The van der Waals surface area contributed by atoms with Gasteiger partial charge in [-0.3, -0.25) is 0 Å². The molecule has 0 bridgehead atoms. The van der Waals surface area contributed by atoms with Crippen molar-refractivity contribution in [2.24, 2.45) is 0 Å². The SMILES string of the molecule is CN([SH](=O)=O)C(C)(C)C. The van der Waals surface area contributed by atoms with Gasteiger partial charge in [-0.05, 0) is 20.8 Å². The fourth-order valence-electron chi connectivity index (χ4n) is 0.245. The van der Waals surface area contributed by atoms with Gasteiger partial charge in [-0.1, -0.05) is 0 Å². The second kappa shape index (κ2) is 2.66. The molecule has 0 spiro atoms. The van der Waals surface area contributed by atoms with Gasteiger partial charge >= 0.3 is 0 Å². The summed E-state index contributed by atoms with van der Waals surface area (Å²) < 4.78 is 21.9. The predicted octanol–water partition coefficient (Wildman–Crippen LogP) is 0.243. The summed E-state index contributed by atoms with van der Waals surface area (Å²) in [5.74, 6) is 0. The molecule has 0 atom stereocenters. The summed E-state index contributed by atoms with van der Waals surface area (Å²) in [5.41, 5.74) is -0.283. The average Bonchev–Trinajstić information content (AvgIpc) is 1.62. The number of hydrogen-bond acceptors (Lipinski definition) is 2. The van der Waals surface area contributed by atoms with Crippen LogP contribution in [0.4, 0.5) is 0 Å². The molecule has 0 aliphatic rings. The van der Waals surface area contributed by atoms with Crippen LogP contribution in [0.15, 0.2) is 0 Å². The molecule has 4 heteroatoms. The Kier molecular flexibility index (Phi) is 2.64. The molecule has 0 aromatic heterocycles. The molecule has 0 radical (unpaired) electrons. The maximum absolute atomic E-state index is 10.3. The maximum Gasteiger partial charge on any atom is 0.204 e. The van der Waals surface area contributed by atoms with Crippen molar-refractivity contribution in [3.05, 3.63) is 0 Å². The van der Waals surface area contributed by atoms with Crippen molar-refractivity contribution < 1.29 is 8.42 Å². The van der Waals surface area contributed by atoms with Crippen LogP contribution in [0.1, 0.15) is 20.8 Å². The van der Waals surface area contributed by atoms with E-state index in [2.05, 4.69) is 0 Å². The van der Waals surface area contributed by atoms with Crippen LogP contribution in [0.25, 0.3) is 0 Å². The summed E-state index contributed by atoms with van der Waals surface area (Å²) in [6.07, 6.45) is 0. The Bertz CT molecular complexity index is 149. The van der Waals surface area contributed by atoms with Crippen molar-refractivity contribution in [2.45, 2.75) is 26.3 Å². The van der Waals surface area contributed by atoms with E-state index in [4.69, 9.17) is 0 Å². The lowest BCUT2D eigenvalue weighted by Crippen LogP contribution is -2.36. The third kappa shape index (κ3) is 2.81. The summed E-state index contributed by atoms with van der Waals surface area (Å²) in [7, 11) is -0.855. The molecule has 0 saturated carbocycles. The molecule has 3 nitrogen and oxygen atoms in total. The summed E-state index contributed by atoms with van der Waals surface area (Å²) in [6.45, 7) is 5.54.